The largest absolute Gasteiger partial charge is 0.476 e. The topological polar surface area (TPSA) is 79.3 Å². The molecular formula is C9H8N2O3S. The molecule has 1 heterocycles. The van der Waals surface area contributed by atoms with E-state index in [-0.39, 0.29) is 18.1 Å². The third-order valence-corrected chi connectivity index (χ3v) is 2.10. The number of hydrogen-bond donors (Lipinski definition) is 2. The summed E-state index contributed by atoms with van der Waals surface area (Å²) in [4.78, 5) is 24.7. The Bertz CT molecular complexity index is 442. The van der Waals surface area contributed by atoms with Gasteiger partial charge >= 0.3 is 5.97 Å². The lowest BCUT2D eigenvalue weighted by Gasteiger charge is -1.90. The van der Waals surface area contributed by atoms with E-state index in [4.69, 9.17) is 5.11 Å². The molecule has 15 heavy (non-hydrogen) atoms. The highest BCUT2D eigenvalue weighted by Crippen LogP contribution is 2.07. The number of nitrogens with one attached hydrogen (secondary N) is 1. The van der Waals surface area contributed by atoms with E-state index in [1.54, 1.807) is 0 Å². The predicted molar refractivity (Wildman–Crippen MR) is 54.6 cm³/mol. The average Bonchev–Trinajstić information content (AvgIpc) is 2.60. The number of carboxylic acid groups (broad SMARTS) is 1. The van der Waals surface area contributed by atoms with Gasteiger partial charge in [0.05, 0.1) is 6.54 Å². The van der Waals surface area contributed by atoms with Gasteiger partial charge in [-0.25, -0.2) is 9.78 Å². The second kappa shape index (κ2) is 5.12. The van der Waals surface area contributed by atoms with Crippen LogP contribution in [0.15, 0.2) is 5.38 Å². The second-order valence-electron chi connectivity index (χ2n) is 2.55. The number of nitrogens with zero attached hydrogens (tertiary/aromatic N) is 1. The maximum atomic E-state index is 10.5. The second-order valence-corrected chi connectivity index (χ2v) is 3.41. The molecular weight excluding hydrogens is 216 g/mol. The van der Waals surface area contributed by atoms with Gasteiger partial charge in [0.25, 0.3) is 0 Å². The van der Waals surface area contributed by atoms with Gasteiger partial charge in [0.2, 0.25) is 5.91 Å². The van der Waals surface area contributed by atoms with Crippen LogP contribution in [-0.4, -0.2) is 28.5 Å². The molecule has 0 aliphatic carbocycles. The summed E-state index contributed by atoms with van der Waals surface area (Å²) in [6.07, 6.45) is 0. The van der Waals surface area contributed by atoms with Crippen molar-refractivity contribution in [3.05, 3.63) is 16.1 Å². The third kappa shape index (κ3) is 3.79. The lowest BCUT2D eigenvalue weighted by Crippen LogP contribution is -2.19. The van der Waals surface area contributed by atoms with Crippen molar-refractivity contribution < 1.29 is 14.7 Å². The molecule has 6 heteroatoms. The molecule has 1 amide bonds. The lowest BCUT2D eigenvalue weighted by molar-refractivity contribution is -0.118. The molecule has 78 valence electrons. The standard InChI is InChI=1S/C9H8N2O3S/c1-6(12)10-4-2-3-8-11-7(5-15-8)9(13)14/h5H,4H2,1H3,(H,10,12)(H,13,14). The number of carbonyl (C=O) groups excluding carboxylic acids is 1. The Kier molecular flexibility index (Phi) is 3.83. The van der Waals surface area contributed by atoms with Crippen molar-refractivity contribution in [3.63, 3.8) is 0 Å². The summed E-state index contributed by atoms with van der Waals surface area (Å²) >= 11 is 1.16. The van der Waals surface area contributed by atoms with Crippen LogP contribution in [0.5, 0.6) is 0 Å². The van der Waals surface area contributed by atoms with Crippen LogP contribution in [-0.2, 0) is 4.79 Å². The first-order valence-electron chi connectivity index (χ1n) is 4.01. The number of aromatic carboxylic acids is 1. The smallest absolute Gasteiger partial charge is 0.355 e. The van der Waals surface area contributed by atoms with Crippen molar-refractivity contribution in [3.8, 4) is 11.8 Å². The van der Waals surface area contributed by atoms with Crippen LogP contribution in [0.2, 0.25) is 0 Å². The molecule has 0 aliphatic heterocycles. The quantitative estimate of drug-likeness (QED) is 0.709. The molecule has 1 rings (SSSR count). The molecule has 0 unspecified atom stereocenters. The molecule has 0 fully saturated rings. The Labute approximate surface area is 90.1 Å². The predicted octanol–water partition coefficient (Wildman–Crippen LogP) is 0.329. The van der Waals surface area contributed by atoms with Crippen molar-refractivity contribution in [2.75, 3.05) is 6.54 Å². The summed E-state index contributed by atoms with van der Waals surface area (Å²) in [5.74, 6) is 4.09. The van der Waals surface area contributed by atoms with Crippen molar-refractivity contribution in [1.82, 2.24) is 10.3 Å². The van der Waals surface area contributed by atoms with Crippen molar-refractivity contribution in [2.45, 2.75) is 6.92 Å². The number of carbonyl (C=O) groups is 2. The average molecular weight is 224 g/mol. The van der Waals surface area contributed by atoms with E-state index in [0.29, 0.717) is 5.01 Å². The van der Waals surface area contributed by atoms with Crippen molar-refractivity contribution in [1.29, 1.82) is 0 Å². The van der Waals surface area contributed by atoms with Gasteiger partial charge in [0, 0.05) is 12.3 Å². The lowest BCUT2D eigenvalue weighted by atomic mass is 10.5. The Morgan fingerprint density at radius 3 is 2.93 bits per heavy atom. The Balaban J connectivity index is 2.56. The van der Waals surface area contributed by atoms with Crippen LogP contribution in [0.25, 0.3) is 0 Å². The molecule has 1 aromatic rings. The fourth-order valence-electron chi connectivity index (χ4n) is 0.718. The van der Waals surface area contributed by atoms with Crippen LogP contribution >= 0.6 is 11.3 Å². The highest BCUT2D eigenvalue weighted by Gasteiger charge is 2.06. The summed E-state index contributed by atoms with van der Waals surface area (Å²) in [6, 6.07) is 0. The zero-order valence-electron chi connectivity index (χ0n) is 7.90. The van der Waals surface area contributed by atoms with E-state index < -0.39 is 5.97 Å². The number of carboxylic acids is 1. The minimum atomic E-state index is -1.07. The van der Waals surface area contributed by atoms with Crippen LogP contribution < -0.4 is 5.32 Å². The number of amides is 1. The monoisotopic (exact) mass is 224 g/mol. The molecule has 0 aliphatic rings. The molecule has 0 radical (unpaired) electrons. The molecule has 0 aromatic carbocycles. The van der Waals surface area contributed by atoms with Crippen molar-refractivity contribution in [2.24, 2.45) is 0 Å². The Hall–Kier alpha value is -1.87. The van der Waals surface area contributed by atoms with Gasteiger partial charge in [0.15, 0.2) is 10.7 Å². The van der Waals surface area contributed by atoms with E-state index in [9.17, 15) is 9.59 Å². The molecule has 5 nitrogen and oxygen atoms in total. The van der Waals surface area contributed by atoms with E-state index >= 15 is 0 Å². The van der Waals surface area contributed by atoms with Gasteiger partial charge in [-0.3, -0.25) is 4.79 Å². The molecule has 0 saturated carbocycles. The maximum absolute atomic E-state index is 10.5. The van der Waals surface area contributed by atoms with Gasteiger partial charge in [-0.2, -0.15) is 0 Å². The Morgan fingerprint density at radius 1 is 1.67 bits per heavy atom. The van der Waals surface area contributed by atoms with Crippen LogP contribution in [0.4, 0.5) is 0 Å². The fraction of sp³-hybridized carbons (Fsp3) is 0.222. The maximum Gasteiger partial charge on any atom is 0.355 e. The van der Waals surface area contributed by atoms with E-state index in [0.717, 1.165) is 11.3 Å². The van der Waals surface area contributed by atoms with Gasteiger partial charge in [-0.15, -0.1) is 11.3 Å². The fourth-order valence-corrected chi connectivity index (χ4v) is 1.38. The summed E-state index contributed by atoms with van der Waals surface area (Å²) in [6.45, 7) is 1.63. The van der Waals surface area contributed by atoms with Crippen LogP contribution in [0.1, 0.15) is 22.4 Å². The molecule has 0 atom stereocenters. The summed E-state index contributed by atoms with van der Waals surface area (Å²) in [7, 11) is 0. The zero-order valence-corrected chi connectivity index (χ0v) is 8.72. The summed E-state index contributed by atoms with van der Waals surface area (Å²) in [5, 5.41) is 12.9. The minimum Gasteiger partial charge on any atom is -0.476 e. The first kappa shape index (κ1) is 11.2. The Morgan fingerprint density at radius 2 is 2.40 bits per heavy atom. The van der Waals surface area contributed by atoms with Gasteiger partial charge in [0.1, 0.15) is 0 Å². The number of thiazole rings is 1. The first-order chi connectivity index (χ1) is 7.09. The van der Waals surface area contributed by atoms with Gasteiger partial charge in [-0.1, -0.05) is 5.92 Å². The van der Waals surface area contributed by atoms with E-state index in [1.807, 2.05) is 0 Å². The molecule has 1 aromatic heterocycles. The SMILES string of the molecule is CC(=O)NCC#Cc1nc(C(=O)O)cs1. The highest BCUT2D eigenvalue weighted by atomic mass is 32.1. The minimum absolute atomic E-state index is 0.0103. The van der Waals surface area contributed by atoms with Crippen LogP contribution in [0, 0.1) is 11.8 Å². The summed E-state index contributed by atoms with van der Waals surface area (Å²) < 4.78 is 0. The van der Waals surface area contributed by atoms with Gasteiger partial charge < -0.3 is 10.4 Å². The van der Waals surface area contributed by atoms with E-state index in [2.05, 4.69) is 22.1 Å². The third-order valence-electron chi connectivity index (χ3n) is 1.34. The molecule has 0 saturated heterocycles. The summed E-state index contributed by atoms with van der Waals surface area (Å²) in [5.41, 5.74) is -0.0103. The normalized spacial score (nSPS) is 8.87. The van der Waals surface area contributed by atoms with Crippen LogP contribution in [0.3, 0.4) is 0 Å². The van der Waals surface area contributed by atoms with E-state index in [1.165, 1.54) is 12.3 Å². The zero-order chi connectivity index (χ0) is 11.3. The highest BCUT2D eigenvalue weighted by molar-refractivity contribution is 7.10. The molecule has 0 spiro atoms. The molecule has 2 N–H and O–H groups in total. The number of aromatic nitrogens is 1. The van der Waals surface area contributed by atoms with Crippen molar-refractivity contribution >= 4 is 23.2 Å². The number of rotatable bonds is 2. The molecule has 0 bridgehead atoms. The first-order valence-corrected chi connectivity index (χ1v) is 4.89. The number of hydrogen-bond acceptors (Lipinski definition) is 4. The van der Waals surface area contributed by atoms with Gasteiger partial charge in [-0.05, 0) is 5.92 Å².